The summed E-state index contributed by atoms with van der Waals surface area (Å²) in [6, 6.07) is 4.29. The third-order valence-corrected chi connectivity index (χ3v) is 4.36. The maximum absolute atomic E-state index is 4.54. The number of aliphatic imine (C=N–C) groups is 1. The lowest BCUT2D eigenvalue weighted by Crippen LogP contribution is -2.39. The van der Waals surface area contributed by atoms with Crippen molar-refractivity contribution in [2.24, 2.45) is 4.99 Å². The zero-order valence-electron chi connectivity index (χ0n) is 14.9. The minimum absolute atomic E-state index is 0.784. The molecule has 0 unspecified atom stereocenters. The summed E-state index contributed by atoms with van der Waals surface area (Å²) < 4.78 is 0. The molecular weight excluding hydrogens is 286 g/mol. The second kappa shape index (κ2) is 9.38. The number of guanidine groups is 1. The number of piperidine rings is 1. The summed E-state index contributed by atoms with van der Waals surface area (Å²) >= 11 is 0. The molecule has 5 heteroatoms. The van der Waals surface area contributed by atoms with E-state index in [1.54, 1.807) is 0 Å². The Morgan fingerprint density at radius 3 is 2.83 bits per heavy atom. The highest BCUT2D eigenvalue weighted by atomic mass is 15.3. The van der Waals surface area contributed by atoms with Crippen LogP contribution in [-0.2, 0) is 6.54 Å². The van der Waals surface area contributed by atoms with Crippen LogP contribution in [0.15, 0.2) is 23.3 Å². The first-order chi connectivity index (χ1) is 11.2. The molecule has 2 heterocycles. The van der Waals surface area contributed by atoms with E-state index in [4.69, 9.17) is 0 Å². The number of hydrogen-bond donors (Lipinski definition) is 1. The molecule has 1 saturated heterocycles. The molecule has 5 nitrogen and oxygen atoms in total. The van der Waals surface area contributed by atoms with Gasteiger partial charge in [-0.05, 0) is 43.4 Å². The van der Waals surface area contributed by atoms with Crippen LogP contribution in [0.5, 0.6) is 0 Å². The molecule has 2 rings (SSSR count). The summed E-state index contributed by atoms with van der Waals surface area (Å²) in [5.74, 6) is 2.06. The first-order valence-electron chi connectivity index (χ1n) is 8.86. The van der Waals surface area contributed by atoms with Gasteiger partial charge in [0.15, 0.2) is 5.96 Å². The van der Waals surface area contributed by atoms with Gasteiger partial charge in [-0.25, -0.2) is 4.98 Å². The molecule has 1 aliphatic heterocycles. The first-order valence-corrected chi connectivity index (χ1v) is 8.86. The summed E-state index contributed by atoms with van der Waals surface area (Å²) in [7, 11) is 3.94. The molecule has 1 fully saturated rings. The molecule has 0 spiro atoms. The van der Waals surface area contributed by atoms with Crippen LogP contribution in [0.3, 0.4) is 0 Å². The van der Waals surface area contributed by atoms with Gasteiger partial charge in [0.2, 0.25) is 0 Å². The molecule has 128 valence electrons. The fourth-order valence-electron chi connectivity index (χ4n) is 2.93. The summed E-state index contributed by atoms with van der Waals surface area (Å²) in [4.78, 5) is 13.5. The lowest BCUT2D eigenvalue weighted by molar-refractivity contribution is 0.464. The molecule has 1 aliphatic rings. The molecule has 0 amide bonds. The number of unbranched alkanes of at least 4 members (excludes halogenated alkanes) is 1. The molecule has 0 aliphatic carbocycles. The summed E-state index contributed by atoms with van der Waals surface area (Å²) in [5, 5.41) is 3.45. The van der Waals surface area contributed by atoms with Crippen molar-refractivity contribution in [2.45, 2.75) is 45.6 Å². The average Bonchev–Trinajstić information content (AvgIpc) is 2.61. The zero-order valence-corrected chi connectivity index (χ0v) is 14.9. The number of hydrogen-bond acceptors (Lipinski definition) is 3. The van der Waals surface area contributed by atoms with E-state index in [1.807, 2.05) is 13.2 Å². The Morgan fingerprint density at radius 1 is 1.35 bits per heavy atom. The highest BCUT2D eigenvalue weighted by Crippen LogP contribution is 2.18. The van der Waals surface area contributed by atoms with Crippen LogP contribution < -0.4 is 10.2 Å². The predicted octanol–water partition coefficient (Wildman–Crippen LogP) is 2.88. The van der Waals surface area contributed by atoms with E-state index in [-0.39, 0.29) is 0 Å². The van der Waals surface area contributed by atoms with Crippen molar-refractivity contribution >= 4 is 11.8 Å². The van der Waals surface area contributed by atoms with Crippen molar-refractivity contribution in [2.75, 3.05) is 38.6 Å². The van der Waals surface area contributed by atoms with Gasteiger partial charge in [-0.3, -0.25) is 4.99 Å². The molecule has 1 aromatic rings. The van der Waals surface area contributed by atoms with Gasteiger partial charge in [0, 0.05) is 46.5 Å². The van der Waals surface area contributed by atoms with Crippen LogP contribution in [-0.4, -0.2) is 49.6 Å². The first kappa shape index (κ1) is 17.6. The van der Waals surface area contributed by atoms with Gasteiger partial charge in [-0.2, -0.15) is 0 Å². The van der Waals surface area contributed by atoms with E-state index in [1.165, 1.54) is 37.7 Å². The molecule has 1 aromatic heterocycles. The third kappa shape index (κ3) is 5.41. The van der Waals surface area contributed by atoms with E-state index in [0.717, 1.165) is 38.0 Å². The van der Waals surface area contributed by atoms with Crippen LogP contribution in [0, 0.1) is 0 Å². The third-order valence-electron chi connectivity index (χ3n) is 4.36. The Bertz CT molecular complexity index is 494. The number of pyridine rings is 1. The lowest BCUT2D eigenvalue weighted by Gasteiger charge is -2.28. The quantitative estimate of drug-likeness (QED) is 0.647. The molecule has 0 radical (unpaired) electrons. The van der Waals surface area contributed by atoms with Crippen molar-refractivity contribution in [3.05, 3.63) is 23.9 Å². The number of anilines is 1. The Labute approximate surface area is 140 Å². The van der Waals surface area contributed by atoms with Crippen LogP contribution in [0.2, 0.25) is 0 Å². The van der Waals surface area contributed by atoms with Crippen molar-refractivity contribution in [1.29, 1.82) is 0 Å². The van der Waals surface area contributed by atoms with Gasteiger partial charge in [0.1, 0.15) is 5.82 Å². The molecule has 0 aromatic carbocycles. The van der Waals surface area contributed by atoms with E-state index < -0.39 is 0 Å². The van der Waals surface area contributed by atoms with E-state index >= 15 is 0 Å². The summed E-state index contributed by atoms with van der Waals surface area (Å²) in [6.07, 6.45) is 8.21. The standard InChI is InChI=1S/C18H31N5/c1-4-5-11-22(3)18(19-2)21-15-16-9-10-20-17(14-16)23-12-7-6-8-13-23/h9-10,14H,4-8,11-13,15H2,1-3H3,(H,19,21). The highest BCUT2D eigenvalue weighted by Gasteiger charge is 2.12. The molecule has 23 heavy (non-hydrogen) atoms. The molecule has 0 atom stereocenters. The van der Waals surface area contributed by atoms with E-state index in [9.17, 15) is 0 Å². The maximum atomic E-state index is 4.54. The van der Waals surface area contributed by atoms with Crippen LogP contribution in [0.4, 0.5) is 5.82 Å². The van der Waals surface area contributed by atoms with E-state index in [0.29, 0.717) is 0 Å². The minimum Gasteiger partial charge on any atom is -0.357 e. The lowest BCUT2D eigenvalue weighted by atomic mass is 10.1. The number of nitrogens with one attached hydrogen (secondary N) is 1. The van der Waals surface area contributed by atoms with Crippen LogP contribution in [0.25, 0.3) is 0 Å². The van der Waals surface area contributed by atoms with Gasteiger partial charge < -0.3 is 15.1 Å². The monoisotopic (exact) mass is 317 g/mol. The fraction of sp³-hybridized carbons (Fsp3) is 0.667. The number of rotatable bonds is 6. The van der Waals surface area contributed by atoms with Crippen molar-refractivity contribution in [3.8, 4) is 0 Å². The van der Waals surface area contributed by atoms with Gasteiger partial charge in [-0.1, -0.05) is 13.3 Å². The Hall–Kier alpha value is -1.78. The van der Waals surface area contributed by atoms with E-state index in [2.05, 4.69) is 51.2 Å². The van der Waals surface area contributed by atoms with Gasteiger partial charge in [-0.15, -0.1) is 0 Å². The summed E-state index contributed by atoms with van der Waals surface area (Å²) in [6.45, 7) is 6.29. The topological polar surface area (TPSA) is 43.8 Å². The summed E-state index contributed by atoms with van der Waals surface area (Å²) in [5.41, 5.74) is 1.26. The largest absolute Gasteiger partial charge is 0.357 e. The van der Waals surface area contributed by atoms with Gasteiger partial charge in [0.25, 0.3) is 0 Å². The average molecular weight is 317 g/mol. The highest BCUT2D eigenvalue weighted by molar-refractivity contribution is 5.79. The van der Waals surface area contributed by atoms with Crippen molar-refractivity contribution in [3.63, 3.8) is 0 Å². The fourth-order valence-corrected chi connectivity index (χ4v) is 2.93. The maximum Gasteiger partial charge on any atom is 0.193 e. The van der Waals surface area contributed by atoms with Crippen molar-refractivity contribution < 1.29 is 0 Å². The SMILES string of the molecule is CCCCN(C)C(=NC)NCc1ccnc(N2CCCCC2)c1. The van der Waals surface area contributed by atoms with Crippen LogP contribution in [0.1, 0.15) is 44.6 Å². The zero-order chi connectivity index (χ0) is 16.5. The van der Waals surface area contributed by atoms with Crippen molar-refractivity contribution in [1.82, 2.24) is 15.2 Å². The van der Waals surface area contributed by atoms with Gasteiger partial charge in [0.05, 0.1) is 0 Å². The Balaban J connectivity index is 1.91. The smallest absolute Gasteiger partial charge is 0.193 e. The molecular formula is C18H31N5. The molecule has 0 saturated carbocycles. The Morgan fingerprint density at radius 2 is 2.13 bits per heavy atom. The van der Waals surface area contributed by atoms with Gasteiger partial charge >= 0.3 is 0 Å². The Kier molecular flexibility index (Phi) is 7.17. The predicted molar refractivity (Wildman–Crippen MR) is 98.0 cm³/mol. The number of aromatic nitrogens is 1. The number of nitrogens with zero attached hydrogens (tertiary/aromatic N) is 4. The second-order valence-electron chi connectivity index (χ2n) is 6.25. The van der Waals surface area contributed by atoms with Crippen LogP contribution >= 0.6 is 0 Å². The molecule has 0 bridgehead atoms. The normalized spacial score (nSPS) is 15.6. The molecule has 1 N–H and O–H groups in total. The minimum atomic E-state index is 0.784. The second-order valence-corrected chi connectivity index (χ2v) is 6.25.